The van der Waals surface area contributed by atoms with Crippen LogP contribution in [0.5, 0.6) is 5.75 Å². The van der Waals surface area contributed by atoms with Crippen LogP contribution < -0.4 is 4.43 Å². The van der Waals surface area contributed by atoms with Gasteiger partial charge in [-0.25, -0.2) is 5.10 Å². The summed E-state index contributed by atoms with van der Waals surface area (Å²) in [5.41, 5.74) is 0.875. The molecule has 0 fully saturated rings. The molecule has 0 aliphatic carbocycles. The predicted molar refractivity (Wildman–Crippen MR) is 84.9 cm³/mol. The number of aromatic amines is 1. The zero-order valence-corrected chi connectivity index (χ0v) is 14.3. The second kappa shape index (κ2) is 5.18. The summed E-state index contributed by atoms with van der Waals surface area (Å²) in [4.78, 5) is 0.279. The van der Waals surface area contributed by atoms with E-state index in [0.29, 0.717) is 5.89 Å². The van der Waals surface area contributed by atoms with Crippen molar-refractivity contribution in [1.82, 2.24) is 10.2 Å². The van der Waals surface area contributed by atoms with E-state index in [4.69, 9.17) is 21.1 Å². The van der Waals surface area contributed by atoms with Gasteiger partial charge in [0, 0.05) is 5.56 Å². The molecule has 1 aromatic heterocycles. The van der Waals surface area contributed by atoms with Crippen LogP contribution in [0.15, 0.2) is 28.7 Å². The Bertz CT molecular complexity index is 638. The monoisotopic (exact) mass is 308 g/mol. The number of hydrogen-bond acceptors (Lipinski definition) is 4. The van der Waals surface area contributed by atoms with Crippen molar-refractivity contribution in [3.63, 3.8) is 0 Å². The SMILES string of the molecule is CC(C)(C)[Si](C)(C)Oc1ccc(-c2n[nH]c(=S)o2)cc1. The van der Waals surface area contributed by atoms with Crippen LogP contribution in [0.3, 0.4) is 0 Å². The zero-order chi connectivity index (χ0) is 15.0. The summed E-state index contributed by atoms with van der Waals surface area (Å²) in [6.45, 7) is 11.1. The summed E-state index contributed by atoms with van der Waals surface area (Å²) in [5, 5.41) is 6.80. The summed E-state index contributed by atoms with van der Waals surface area (Å²) in [6.07, 6.45) is 0. The molecule has 0 spiro atoms. The molecular weight excluding hydrogens is 288 g/mol. The first kappa shape index (κ1) is 15.0. The fraction of sp³-hybridized carbons (Fsp3) is 0.429. The average molecular weight is 308 g/mol. The Labute approximate surface area is 125 Å². The summed E-state index contributed by atoms with van der Waals surface area (Å²) in [6, 6.07) is 7.75. The molecular formula is C14H20N2O2SSi. The summed E-state index contributed by atoms with van der Waals surface area (Å²) in [5.74, 6) is 1.38. The number of hydrogen-bond donors (Lipinski definition) is 1. The third-order valence-corrected chi connectivity index (χ3v) is 8.25. The zero-order valence-electron chi connectivity index (χ0n) is 12.5. The third-order valence-electron chi connectivity index (χ3n) is 3.72. The summed E-state index contributed by atoms with van der Waals surface area (Å²) >= 11 is 4.87. The van der Waals surface area contributed by atoms with E-state index in [0.717, 1.165) is 11.3 Å². The van der Waals surface area contributed by atoms with Gasteiger partial charge in [-0.3, -0.25) is 0 Å². The van der Waals surface area contributed by atoms with Crippen LogP contribution in [0.4, 0.5) is 0 Å². The highest BCUT2D eigenvalue weighted by atomic mass is 32.1. The molecule has 0 bridgehead atoms. The summed E-state index contributed by atoms with van der Waals surface area (Å²) in [7, 11) is -1.80. The Morgan fingerprint density at radius 3 is 2.25 bits per heavy atom. The van der Waals surface area contributed by atoms with Gasteiger partial charge < -0.3 is 8.84 Å². The molecule has 6 heteroatoms. The molecule has 4 nitrogen and oxygen atoms in total. The lowest BCUT2D eigenvalue weighted by atomic mass is 10.2. The van der Waals surface area contributed by atoms with Crippen molar-refractivity contribution < 1.29 is 8.84 Å². The maximum absolute atomic E-state index is 6.22. The van der Waals surface area contributed by atoms with Crippen LogP contribution in [0, 0.1) is 4.84 Å². The Morgan fingerprint density at radius 2 is 1.80 bits per heavy atom. The Balaban J connectivity index is 2.19. The van der Waals surface area contributed by atoms with Crippen LogP contribution in [-0.4, -0.2) is 18.5 Å². The average Bonchev–Trinajstić information content (AvgIpc) is 2.75. The van der Waals surface area contributed by atoms with E-state index in [2.05, 4.69) is 44.1 Å². The Kier molecular flexibility index (Phi) is 3.88. The minimum atomic E-state index is -1.80. The molecule has 0 radical (unpaired) electrons. The quantitative estimate of drug-likeness (QED) is 0.654. The fourth-order valence-electron chi connectivity index (χ4n) is 1.47. The molecule has 1 heterocycles. The van der Waals surface area contributed by atoms with Gasteiger partial charge in [-0.1, -0.05) is 20.8 Å². The number of aromatic nitrogens is 2. The maximum atomic E-state index is 6.22. The van der Waals surface area contributed by atoms with E-state index in [-0.39, 0.29) is 9.88 Å². The minimum absolute atomic E-state index is 0.181. The van der Waals surface area contributed by atoms with Gasteiger partial charge in [-0.15, -0.1) is 5.10 Å². The van der Waals surface area contributed by atoms with E-state index in [1.165, 1.54) is 0 Å². The molecule has 0 aliphatic heterocycles. The lowest BCUT2D eigenvalue weighted by Gasteiger charge is -2.36. The highest BCUT2D eigenvalue weighted by Gasteiger charge is 2.38. The molecule has 0 saturated heterocycles. The van der Waals surface area contributed by atoms with E-state index in [1.54, 1.807) is 0 Å². The van der Waals surface area contributed by atoms with Crippen molar-refractivity contribution in [2.24, 2.45) is 0 Å². The van der Waals surface area contributed by atoms with E-state index >= 15 is 0 Å². The summed E-state index contributed by atoms with van der Waals surface area (Å²) < 4.78 is 11.5. The van der Waals surface area contributed by atoms with Crippen molar-refractivity contribution >= 4 is 20.5 Å². The maximum Gasteiger partial charge on any atom is 0.284 e. The van der Waals surface area contributed by atoms with Crippen molar-refractivity contribution in [2.45, 2.75) is 38.9 Å². The Hall–Kier alpha value is -1.40. The highest BCUT2D eigenvalue weighted by Crippen LogP contribution is 2.37. The van der Waals surface area contributed by atoms with Gasteiger partial charge in [-0.2, -0.15) is 0 Å². The molecule has 108 valence electrons. The van der Waals surface area contributed by atoms with Crippen molar-refractivity contribution in [1.29, 1.82) is 0 Å². The fourth-order valence-corrected chi connectivity index (χ4v) is 2.62. The van der Waals surface area contributed by atoms with Gasteiger partial charge >= 0.3 is 0 Å². The van der Waals surface area contributed by atoms with Crippen LogP contribution in [0.2, 0.25) is 18.1 Å². The molecule has 1 N–H and O–H groups in total. The molecule has 0 atom stereocenters. The smallest absolute Gasteiger partial charge is 0.284 e. The topological polar surface area (TPSA) is 51.0 Å². The second-order valence-corrected chi connectivity index (χ2v) is 11.4. The standard InChI is InChI=1S/C14H20N2O2SSi/c1-14(2,3)20(4,5)18-11-8-6-10(7-9-11)12-15-16-13(19)17-12/h6-9H,1-5H3,(H,16,19). The molecule has 0 unspecified atom stereocenters. The first-order valence-electron chi connectivity index (χ1n) is 6.54. The van der Waals surface area contributed by atoms with E-state index < -0.39 is 8.32 Å². The van der Waals surface area contributed by atoms with Crippen LogP contribution in [0.25, 0.3) is 11.5 Å². The third kappa shape index (κ3) is 3.19. The predicted octanol–water partition coefficient (Wildman–Crippen LogP) is 4.78. The van der Waals surface area contributed by atoms with E-state index in [9.17, 15) is 0 Å². The number of benzene rings is 1. The molecule has 2 aromatic rings. The van der Waals surface area contributed by atoms with Gasteiger partial charge in [0.25, 0.3) is 4.84 Å². The minimum Gasteiger partial charge on any atom is -0.544 e. The number of rotatable bonds is 3. The van der Waals surface area contributed by atoms with Crippen molar-refractivity contribution in [3.8, 4) is 17.2 Å². The van der Waals surface area contributed by atoms with Gasteiger partial charge in [0.05, 0.1) is 0 Å². The van der Waals surface area contributed by atoms with Crippen molar-refractivity contribution in [2.75, 3.05) is 0 Å². The Morgan fingerprint density at radius 1 is 1.20 bits per heavy atom. The van der Waals surface area contributed by atoms with Gasteiger partial charge in [0.2, 0.25) is 14.2 Å². The molecule has 0 aliphatic rings. The van der Waals surface area contributed by atoms with Crippen molar-refractivity contribution in [3.05, 3.63) is 29.1 Å². The van der Waals surface area contributed by atoms with Crippen LogP contribution in [-0.2, 0) is 0 Å². The largest absolute Gasteiger partial charge is 0.544 e. The molecule has 0 amide bonds. The molecule has 1 aromatic carbocycles. The second-order valence-electron chi connectivity index (χ2n) is 6.31. The molecule has 20 heavy (non-hydrogen) atoms. The molecule has 2 rings (SSSR count). The first-order valence-corrected chi connectivity index (χ1v) is 9.86. The van der Waals surface area contributed by atoms with Crippen LogP contribution in [0.1, 0.15) is 20.8 Å². The normalized spacial score (nSPS) is 12.4. The van der Waals surface area contributed by atoms with Gasteiger partial charge in [0.1, 0.15) is 5.75 Å². The number of nitrogens with zero attached hydrogens (tertiary/aromatic N) is 1. The van der Waals surface area contributed by atoms with Gasteiger partial charge in [-0.05, 0) is 54.6 Å². The van der Waals surface area contributed by atoms with E-state index in [1.807, 2.05) is 24.3 Å². The lowest BCUT2D eigenvalue weighted by molar-refractivity contribution is 0.492. The van der Waals surface area contributed by atoms with Gasteiger partial charge in [0.15, 0.2) is 0 Å². The molecule has 0 saturated carbocycles. The highest BCUT2D eigenvalue weighted by molar-refractivity contribution is 7.71. The van der Waals surface area contributed by atoms with Crippen LogP contribution >= 0.6 is 12.2 Å². The number of nitrogens with one attached hydrogen (secondary N) is 1. The lowest BCUT2D eigenvalue weighted by Crippen LogP contribution is -2.43. The number of H-pyrrole nitrogens is 1. The first-order chi connectivity index (χ1) is 9.19.